The van der Waals surface area contributed by atoms with E-state index in [2.05, 4.69) is 15.6 Å². The molecule has 0 spiro atoms. The van der Waals surface area contributed by atoms with E-state index in [1.165, 1.54) is 18.3 Å². The summed E-state index contributed by atoms with van der Waals surface area (Å²) in [4.78, 5) is 18.1. The lowest BCUT2D eigenvalue weighted by Crippen LogP contribution is -2.44. The highest BCUT2D eigenvalue weighted by molar-refractivity contribution is 5.98. The Morgan fingerprint density at radius 3 is 2.42 bits per heavy atom. The molecule has 0 radical (unpaired) electrons. The number of aromatic nitrogens is 1. The Hall–Kier alpha value is -2.68. The Morgan fingerprint density at radius 1 is 1.12 bits per heavy atom. The first-order valence-electron chi connectivity index (χ1n) is 7.95. The van der Waals surface area contributed by atoms with Gasteiger partial charge in [0.2, 0.25) is 0 Å². The summed E-state index contributed by atoms with van der Waals surface area (Å²) in [6.07, 6.45) is 1.47. The quantitative estimate of drug-likeness (QED) is 0.815. The normalized spacial score (nSPS) is 15.0. The summed E-state index contributed by atoms with van der Waals surface area (Å²) in [5.74, 6) is -8.86. The number of nitrogens with zero attached hydrogens (tertiary/aromatic N) is 2. The molecule has 2 N–H and O–H groups in total. The van der Waals surface area contributed by atoms with Crippen LogP contribution in [-0.2, 0) is 10.7 Å². The molecule has 1 aromatic carbocycles. The van der Waals surface area contributed by atoms with Crippen LogP contribution in [0.25, 0.3) is 0 Å². The Kier molecular flexibility index (Phi) is 5.08. The summed E-state index contributed by atoms with van der Waals surface area (Å²) in [5.41, 5.74) is -1.53. The minimum atomic E-state index is -4.38. The van der Waals surface area contributed by atoms with E-state index < -0.39 is 29.0 Å². The SMILES string of the molecule is O=C(Nc1cccnc1N1CCNCC1)C(F)(F)c1c(F)cccc1F. The van der Waals surface area contributed by atoms with Gasteiger partial charge in [-0.2, -0.15) is 8.78 Å². The van der Waals surface area contributed by atoms with Gasteiger partial charge < -0.3 is 15.5 Å². The topological polar surface area (TPSA) is 57.3 Å². The molecule has 2 heterocycles. The fraction of sp³-hybridized carbons (Fsp3) is 0.294. The first-order chi connectivity index (χ1) is 12.4. The summed E-state index contributed by atoms with van der Waals surface area (Å²) < 4.78 is 56.2. The number of hydrogen-bond donors (Lipinski definition) is 2. The molecular weight excluding hydrogens is 352 g/mol. The van der Waals surface area contributed by atoms with E-state index in [1.54, 1.807) is 0 Å². The van der Waals surface area contributed by atoms with Crippen LogP contribution >= 0.6 is 0 Å². The van der Waals surface area contributed by atoms with Gasteiger partial charge in [-0.05, 0) is 24.3 Å². The molecule has 0 bridgehead atoms. The lowest BCUT2D eigenvalue weighted by Gasteiger charge is -2.30. The van der Waals surface area contributed by atoms with Crippen molar-refractivity contribution in [2.45, 2.75) is 5.92 Å². The number of rotatable bonds is 4. The third-order valence-corrected chi connectivity index (χ3v) is 4.01. The predicted molar refractivity (Wildman–Crippen MR) is 88.2 cm³/mol. The summed E-state index contributed by atoms with van der Waals surface area (Å²) in [7, 11) is 0. The van der Waals surface area contributed by atoms with E-state index in [0.29, 0.717) is 44.1 Å². The van der Waals surface area contributed by atoms with Crippen LogP contribution in [0, 0.1) is 11.6 Å². The highest BCUT2D eigenvalue weighted by atomic mass is 19.3. The number of benzene rings is 1. The van der Waals surface area contributed by atoms with Crippen LogP contribution in [0.3, 0.4) is 0 Å². The molecule has 0 atom stereocenters. The molecular formula is C17H16F4N4O. The number of carbonyl (C=O) groups excluding carboxylic acids is 1. The standard InChI is InChI=1S/C17H16F4N4O/c18-11-3-1-4-12(19)14(11)17(20,21)16(26)24-13-5-2-6-23-15(13)25-9-7-22-8-10-25/h1-6,22H,7-10H2,(H,24,26). The Bertz CT molecular complexity index is 789. The zero-order chi connectivity index (χ0) is 18.7. The van der Waals surface area contributed by atoms with Crippen molar-refractivity contribution in [3.05, 3.63) is 53.7 Å². The van der Waals surface area contributed by atoms with Gasteiger partial charge in [0, 0.05) is 32.4 Å². The summed E-state index contributed by atoms with van der Waals surface area (Å²) in [6, 6.07) is 5.19. The molecule has 1 fully saturated rings. The van der Waals surface area contributed by atoms with E-state index in [9.17, 15) is 22.4 Å². The van der Waals surface area contributed by atoms with E-state index in [1.807, 2.05) is 4.90 Å². The van der Waals surface area contributed by atoms with Gasteiger partial charge in [-0.25, -0.2) is 13.8 Å². The number of amides is 1. The molecule has 3 rings (SSSR count). The van der Waals surface area contributed by atoms with E-state index in [4.69, 9.17) is 0 Å². The van der Waals surface area contributed by atoms with Gasteiger partial charge in [0.15, 0.2) is 5.82 Å². The summed E-state index contributed by atoms with van der Waals surface area (Å²) in [6.45, 7) is 2.53. The van der Waals surface area contributed by atoms with Crippen molar-refractivity contribution in [2.75, 3.05) is 36.4 Å². The third kappa shape index (κ3) is 3.48. The van der Waals surface area contributed by atoms with Crippen LogP contribution in [0.1, 0.15) is 5.56 Å². The Morgan fingerprint density at radius 2 is 1.77 bits per heavy atom. The van der Waals surface area contributed by atoms with Crippen LogP contribution in [0.15, 0.2) is 36.5 Å². The molecule has 5 nitrogen and oxygen atoms in total. The largest absolute Gasteiger partial charge is 0.355 e. The van der Waals surface area contributed by atoms with E-state index in [0.717, 1.165) is 6.07 Å². The highest BCUT2D eigenvalue weighted by Crippen LogP contribution is 2.34. The lowest BCUT2D eigenvalue weighted by molar-refractivity contribution is -0.141. The zero-order valence-electron chi connectivity index (χ0n) is 13.6. The molecule has 1 amide bonds. The Balaban J connectivity index is 1.88. The number of halogens is 4. The highest BCUT2D eigenvalue weighted by Gasteiger charge is 2.46. The van der Waals surface area contributed by atoms with E-state index in [-0.39, 0.29) is 5.69 Å². The maximum Gasteiger partial charge on any atom is 0.355 e. The second-order valence-electron chi connectivity index (χ2n) is 5.74. The van der Waals surface area contributed by atoms with Gasteiger partial charge in [0.1, 0.15) is 17.2 Å². The van der Waals surface area contributed by atoms with E-state index >= 15 is 0 Å². The average molecular weight is 368 g/mol. The van der Waals surface area contributed by atoms with Crippen molar-refractivity contribution in [2.24, 2.45) is 0 Å². The van der Waals surface area contributed by atoms with Gasteiger partial charge in [-0.3, -0.25) is 4.79 Å². The minimum absolute atomic E-state index is 0.0517. The van der Waals surface area contributed by atoms with Crippen molar-refractivity contribution < 1.29 is 22.4 Å². The summed E-state index contributed by atoms with van der Waals surface area (Å²) in [5, 5.41) is 5.20. The van der Waals surface area contributed by atoms with Crippen LogP contribution in [0.2, 0.25) is 0 Å². The predicted octanol–water partition coefficient (Wildman–Crippen LogP) is 2.50. The number of nitrogens with one attached hydrogen (secondary N) is 2. The molecule has 138 valence electrons. The number of carbonyl (C=O) groups is 1. The zero-order valence-corrected chi connectivity index (χ0v) is 13.6. The second kappa shape index (κ2) is 7.28. The molecule has 1 aliphatic rings. The maximum atomic E-state index is 14.4. The number of piperazine rings is 1. The molecule has 26 heavy (non-hydrogen) atoms. The average Bonchev–Trinajstić information content (AvgIpc) is 2.62. The maximum absolute atomic E-state index is 14.4. The molecule has 0 saturated carbocycles. The monoisotopic (exact) mass is 368 g/mol. The van der Waals surface area contributed by atoms with Crippen molar-refractivity contribution in [3.8, 4) is 0 Å². The molecule has 2 aromatic rings. The van der Waals surface area contributed by atoms with Crippen molar-refractivity contribution in [3.63, 3.8) is 0 Å². The second-order valence-corrected chi connectivity index (χ2v) is 5.74. The van der Waals surface area contributed by atoms with Crippen molar-refractivity contribution in [1.29, 1.82) is 0 Å². The fourth-order valence-corrected chi connectivity index (χ4v) is 2.74. The number of anilines is 2. The van der Waals surface area contributed by atoms with Gasteiger partial charge in [0.25, 0.3) is 5.91 Å². The van der Waals surface area contributed by atoms with Crippen LogP contribution < -0.4 is 15.5 Å². The van der Waals surface area contributed by atoms with Crippen molar-refractivity contribution in [1.82, 2.24) is 10.3 Å². The lowest BCUT2D eigenvalue weighted by atomic mass is 10.1. The van der Waals surface area contributed by atoms with Crippen molar-refractivity contribution >= 4 is 17.4 Å². The fourth-order valence-electron chi connectivity index (χ4n) is 2.74. The number of alkyl halides is 2. The van der Waals surface area contributed by atoms with Gasteiger partial charge in [-0.15, -0.1) is 0 Å². The molecule has 9 heteroatoms. The first kappa shape index (κ1) is 18.1. The van der Waals surface area contributed by atoms with Gasteiger partial charge >= 0.3 is 5.92 Å². The van der Waals surface area contributed by atoms with Crippen LogP contribution in [0.5, 0.6) is 0 Å². The number of pyridine rings is 1. The molecule has 0 unspecified atom stereocenters. The first-order valence-corrected chi connectivity index (χ1v) is 7.95. The smallest absolute Gasteiger partial charge is 0.352 e. The molecule has 0 aliphatic carbocycles. The third-order valence-electron chi connectivity index (χ3n) is 4.01. The molecule has 1 aromatic heterocycles. The minimum Gasteiger partial charge on any atom is -0.352 e. The van der Waals surface area contributed by atoms with Crippen LogP contribution in [0.4, 0.5) is 29.1 Å². The van der Waals surface area contributed by atoms with Gasteiger partial charge in [0.05, 0.1) is 5.69 Å². The summed E-state index contributed by atoms with van der Waals surface area (Å²) >= 11 is 0. The Labute approximate surface area is 147 Å². The number of hydrogen-bond acceptors (Lipinski definition) is 4. The molecule has 1 aliphatic heterocycles. The van der Waals surface area contributed by atoms with Gasteiger partial charge in [-0.1, -0.05) is 6.07 Å². The molecule has 1 saturated heterocycles. The van der Waals surface area contributed by atoms with Crippen LogP contribution in [-0.4, -0.2) is 37.1 Å².